The first-order valence-corrected chi connectivity index (χ1v) is 7.44. The molecule has 0 saturated carbocycles. The average Bonchev–Trinajstić information content (AvgIpc) is 2.76. The molecule has 1 heterocycles. The van der Waals surface area contributed by atoms with Gasteiger partial charge in [0, 0.05) is 24.8 Å². The maximum Gasteiger partial charge on any atom is 0.0534 e. The molecule has 0 spiro atoms. The van der Waals surface area contributed by atoms with Crippen LogP contribution in [-0.2, 0) is 13.1 Å². The van der Waals surface area contributed by atoms with Crippen LogP contribution in [-0.4, -0.2) is 16.3 Å². The summed E-state index contributed by atoms with van der Waals surface area (Å²) in [5.41, 5.74) is 1.30. The average molecular weight is 251 g/mol. The predicted molar refractivity (Wildman–Crippen MR) is 77.5 cm³/mol. The summed E-state index contributed by atoms with van der Waals surface area (Å²) in [6.45, 7) is 9.79. The van der Waals surface area contributed by atoms with Crippen molar-refractivity contribution in [3.8, 4) is 0 Å². The largest absolute Gasteiger partial charge is 0.312 e. The van der Waals surface area contributed by atoms with Crippen LogP contribution in [0.15, 0.2) is 12.4 Å². The second-order valence-corrected chi connectivity index (χ2v) is 5.55. The van der Waals surface area contributed by atoms with Crippen molar-refractivity contribution >= 4 is 0 Å². The fourth-order valence-corrected chi connectivity index (χ4v) is 2.00. The zero-order valence-corrected chi connectivity index (χ0v) is 12.3. The Balaban J connectivity index is 2.13. The molecule has 1 rings (SSSR count). The van der Waals surface area contributed by atoms with E-state index in [-0.39, 0.29) is 0 Å². The van der Waals surface area contributed by atoms with Crippen LogP contribution in [0.4, 0.5) is 0 Å². The van der Waals surface area contributed by atoms with Crippen molar-refractivity contribution in [3.05, 3.63) is 18.0 Å². The van der Waals surface area contributed by atoms with Crippen molar-refractivity contribution in [3.63, 3.8) is 0 Å². The Morgan fingerprint density at radius 3 is 2.72 bits per heavy atom. The summed E-state index contributed by atoms with van der Waals surface area (Å²) in [6, 6.07) is 0. The molecule has 0 saturated heterocycles. The molecule has 1 N–H and O–H groups in total. The lowest BCUT2D eigenvalue weighted by Gasteiger charge is -2.05. The highest BCUT2D eigenvalue weighted by Crippen LogP contribution is 2.05. The van der Waals surface area contributed by atoms with E-state index in [0.29, 0.717) is 5.92 Å². The highest BCUT2D eigenvalue weighted by Gasteiger charge is 1.99. The van der Waals surface area contributed by atoms with Crippen LogP contribution in [0.2, 0.25) is 0 Å². The lowest BCUT2D eigenvalue weighted by atomic mass is 10.1. The van der Waals surface area contributed by atoms with Crippen LogP contribution >= 0.6 is 0 Å². The van der Waals surface area contributed by atoms with Gasteiger partial charge in [0.15, 0.2) is 0 Å². The van der Waals surface area contributed by atoms with Crippen molar-refractivity contribution < 1.29 is 0 Å². The van der Waals surface area contributed by atoms with Gasteiger partial charge < -0.3 is 5.32 Å². The van der Waals surface area contributed by atoms with Crippen LogP contribution in [0, 0.1) is 5.92 Å². The summed E-state index contributed by atoms with van der Waals surface area (Å²) in [6.07, 6.45) is 10.8. The predicted octanol–water partition coefficient (Wildman–Crippen LogP) is 3.60. The van der Waals surface area contributed by atoms with Gasteiger partial charge in [-0.2, -0.15) is 5.10 Å². The van der Waals surface area contributed by atoms with Gasteiger partial charge in [-0.3, -0.25) is 4.68 Å². The molecule has 0 aliphatic rings. The Labute approximate surface area is 112 Å². The smallest absolute Gasteiger partial charge is 0.0534 e. The van der Waals surface area contributed by atoms with Crippen LogP contribution in [0.1, 0.15) is 58.4 Å². The van der Waals surface area contributed by atoms with E-state index in [1.807, 2.05) is 6.20 Å². The SMILES string of the molecule is CCCCCCCn1cc(CNCC(C)C)cn1. The topological polar surface area (TPSA) is 29.9 Å². The Morgan fingerprint density at radius 2 is 2.00 bits per heavy atom. The fraction of sp³-hybridized carbons (Fsp3) is 0.800. The summed E-state index contributed by atoms with van der Waals surface area (Å²) in [5.74, 6) is 0.707. The van der Waals surface area contributed by atoms with Crippen molar-refractivity contribution in [1.29, 1.82) is 0 Å². The number of hydrogen-bond donors (Lipinski definition) is 1. The molecule has 18 heavy (non-hydrogen) atoms. The normalized spacial score (nSPS) is 11.3. The fourth-order valence-electron chi connectivity index (χ4n) is 2.00. The first-order chi connectivity index (χ1) is 8.72. The van der Waals surface area contributed by atoms with E-state index in [1.165, 1.54) is 37.7 Å². The third kappa shape index (κ3) is 6.80. The number of unbranched alkanes of at least 4 members (excludes halogenated alkanes) is 4. The minimum absolute atomic E-state index is 0.707. The van der Waals surface area contributed by atoms with E-state index in [0.717, 1.165) is 19.6 Å². The van der Waals surface area contributed by atoms with E-state index in [1.54, 1.807) is 0 Å². The van der Waals surface area contributed by atoms with Crippen LogP contribution in [0.5, 0.6) is 0 Å². The van der Waals surface area contributed by atoms with E-state index >= 15 is 0 Å². The number of aryl methyl sites for hydroxylation is 1. The number of nitrogens with one attached hydrogen (secondary N) is 1. The van der Waals surface area contributed by atoms with Crippen LogP contribution in [0.3, 0.4) is 0 Å². The number of nitrogens with zero attached hydrogens (tertiary/aromatic N) is 2. The third-order valence-corrected chi connectivity index (χ3v) is 3.06. The lowest BCUT2D eigenvalue weighted by molar-refractivity contribution is 0.531. The van der Waals surface area contributed by atoms with E-state index in [4.69, 9.17) is 0 Å². The quantitative estimate of drug-likeness (QED) is 0.644. The molecule has 0 aliphatic heterocycles. The second kappa shape index (κ2) is 9.15. The van der Waals surface area contributed by atoms with Gasteiger partial charge in [0.25, 0.3) is 0 Å². The molecule has 3 nitrogen and oxygen atoms in total. The van der Waals surface area contributed by atoms with Gasteiger partial charge in [-0.05, 0) is 18.9 Å². The minimum atomic E-state index is 0.707. The first-order valence-electron chi connectivity index (χ1n) is 7.44. The Morgan fingerprint density at radius 1 is 1.22 bits per heavy atom. The maximum absolute atomic E-state index is 4.41. The molecule has 3 heteroatoms. The van der Waals surface area contributed by atoms with E-state index in [2.05, 4.69) is 42.1 Å². The molecule has 0 unspecified atom stereocenters. The van der Waals surface area contributed by atoms with Gasteiger partial charge in [-0.15, -0.1) is 0 Å². The molecule has 104 valence electrons. The molecule has 0 aromatic carbocycles. The Bertz CT molecular complexity index is 304. The van der Waals surface area contributed by atoms with Gasteiger partial charge in [-0.25, -0.2) is 0 Å². The van der Waals surface area contributed by atoms with Crippen LogP contribution < -0.4 is 5.32 Å². The highest BCUT2D eigenvalue weighted by atomic mass is 15.3. The summed E-state index contributed by atoms with van der Waals surface area (Å²) in [4.78, 5) is 0. The summed E-state index contributed by atoms with van der Waals surface area (Å²) in [7, 11) is 0. The molecule has 0 radical (unpaired) electrons. The summed E-state index contributed by atoms with van der Waals surface area (Å²) < 4.78 is 2.08. The molecule has 0 aliphatic carbocycles. The van der Waals surface area contributed by atoms with Crippen LogP contribution in [0.25, 0.3) is 0 Å². The Kier molecular flexibility index (Phi) is 7.74. The van der Waals surface area contributed by atoms with Gasteiger partial charge >= 0.3 is 0 Å². The summed E-state index contributed by atoms with van der Waals surface area (Å²) in [5, 5.41) is 7.85. The summed E-state index contributed by atoms with van der Waals surface area (Å²) >= 11 is 0. The molecular formula is C15H29N3. The van der Waals surface area contributed by atoms with Crippen molar-refractivity contribution in [2.75, 3.05) is 6.54 Å². The highest BCUT2D eigenvalue weighted by molar-refractivity contribution is 5.03. The van der Waals surface area contributed by atoms with Gasteiger partial charge in [0.1, 0.15) is 0 Å². The van der Waals surface area contributed by atoms with Gasteiger partial charge in [-0.1, -0.05) is 46.5 Å². The molecule has 0 bridgehead atoms. The maximum atomic E-state index is 4.41. The second-order valence-electron chi connectivity index (χ2n) is 5.55. The zero-order chi connectivity index (χ0) is 13.2. The van der Waals surface area contributed by atoms with E-state index < -0.39 is 0 Å². The minimum Gasteiger partial charge on any atom is -0.312 e. The molecule has 1 aromatic rings. The number of hydrogen-bond acceptors (Lipinski definition) is 2. The van der Waals surface area contributed by atoms with Crippen molar-refractivity contribution in [2.45, 2.75) is 66.0 Å². The standard InChI is InChI=1S/C15H29N3/c1-4-5-6-7-8-9-18-13-15(12-17-18)11-16-10-14(2)3/h12-14,16H,4-11H2,1-3H3. The van der Waals surface area contributed by atoms with E-state index in [9.17, 15) is 0 Å². The molecule has 0 fully saturated rings. The number of aromatic nitrogens is 2. The monoisotopic (exact) mass is 251 g/mol. The molecule has 1 aromatic heterocycles. The van der Waals surface area contributed by atoms with Gasteiger partial charge in [0.05, 0.1) is 6.20 Å². The molecule has 0 atom stereocenters. The van der Waals surface area contributed by atoms with Crippen molar-refractivity contribution in [2.24, 2.45) is 5.92 Å². The number of rotatable bonds is 10. The lowest BCUT2D eigenvalue weighted by Crippen LogP contribution is -2.18. The van der Waals surface area contributed by atoms with Gasteiger partial charge in [0.2, 0.25) is 0 Å². The third-order valence-electron chi connectivity index (χ3n) is 3.06. The zero-order valence-electron chi connectivity index (χ0n) is 12.3. The molecular weight excluding hydrogens is 222 g/mol. The van der Waals surface area contributed by atoms with Crippen molar-refractivity contribution in [1.82, 2.24) is 15.1 Å². The molecule has 0 amide bonds. The first kappa shape index (κ1) is 15.2. The Hall–Kier alpha value is -0.830.